The van der Waals surface area contributed by atoms with E-state index < -0.39 is 5.97 Å². The van der Waals surface area contributed by atoms with Gasteiger partial charge in [-0.25, -0.2) is 4.79 Å². The molecule has 0 atom stereocenters. The second kappa shape index (κ2) is 8.85. The summed E-state index contributed by atoms with van der Waals surface area (Å²) < 4.78 is 27.7. The molecule has 0 radical (unpaired) electrons. The Kier molecular flexibility index (Phi) is 5.70. The molecule has 1 aliphatic heterocycles. The lowest BCUT2D eigenvalue weighted by Crippen LogP contribution is -2.07. The minimum absolute atomic E-state index is 0.0307. The Morgan fingerprint density at radius 2 is 1.86 bits per heavy atom. The number of hydrogen-bond acceptors (Lipinski definition) is 7. The maximum atomic E-state index is 13.1. The lowest BCUT2D eigenvalue weighted by molar-refractivity contribution is 0.0703. The van der Waals surface area contributed by atoms with Crippen molar-refractivity contribution in [1.29, 1.82) is 0 Å². The number of methoxy groups -OCH3 is 2. The van der Waals surface area contributed by atoms with Crippen molar-refractivity contribution in [2.45, 2.75) is 6.92 Å². The molecule has 0 bridgehead atoms. The van der Waals surface area contributed by atoms with Gasteiger partial charge in [0.15, 0.2) is 17.3 Å². The second-order valence-electron chi connectivity index (χ2n) is 7.82. The van der Waals surface area contributed by atoms with Gasteiger partial charge in [0.05, 0.1) is 19.8 Å². The molecule has 0 N–H and O–H groups in total. The lowest BCUT2D eigenvalue weighted by Gasteiger charge is -2.10. The maximum Gasteiger partial charge on any atom is 0.379 e. The first kappa shape index (κ1) is 22.6. The third-order valence-corrected chi connectivity index (χ3v) is 5.79. The molecule has 0 amide bonds. The van der Waals surface area contributed by atoms with Crippen molar-refractivity contribution in [1.82, 2.24) is 0 Å². The van der Waals surface area contributed by atoms with Gasteiger partial charge >= 0.3 is 5.97 Å². The van der Waals surface area contributed by atoms with Gasteiger partial charge in [0.1, 0.15) is 17.1 Å². The fourth-order valence-electron chi connectivity index (χ4n) is 3.98. The van der Waals surface area contributed by atoms with E-state index in [0.29, 0.717) is 49.9 Å². The average Bonchev–Trinajstić information content (AvgIpc) is 3.39. The first-order valence-electron chi connectivity index (χ1n) is 10.6. The third kappa shape index (κ3) is 4.11. The minimum Gasteiger partial charge on any atom is -0.493 e. The van der Waals surface area contributed by atoms with Gasteiger partial charge in [0, 0.05) is 22.0 Å². The predicted octanol–water partition coefficient (Wildman–Crippen LogP) is 6.25. The fraction of sp³-hybridized carbons (Fsp3) is 0.111. The summed E-state index contributed by atoms with van der Waals surface area (Å²) in [7, 11) is 3.06. The number of Topliss-reactive ketones (excluding diaryl/α,β-unsaturated/α-hetero) is 1. The number of allylic oxidation sites excluding steroid dienone is 1. The van der Waals surface area contributed by atoms with Crippen molar-refractivity contribution in [3.63, 3.8) is 0 Å². The highest BCUT2D eigenvalue weighted by molar-refractivity contribution is 6.31. The zero-order valence-corrected chi connectivity index (χ0v) is 19.8. The molecule has 0 aliphatic carbocycles. The molecule has 0 saturated carbocycles. The van der Waals surface area contributed by atoms with Crippen LogP contribution in [-0.2, 0) is 0 Å². The van der Waals surface area contributed by atoms with Crippen LogP contribution in [0.3, 0.4) is 0 Å². The van der Waals surface area contributed by atoms with Crippen molar-refractivity contribution >= 4 is 40.4 Å². The number of ketones is 1. The number of hydrogen-bond donors (Lipinski definition) is 0. The molecular formula is C27H19ClO7. The van der Waals surface area contributed by atoms with Gasteiger partial charge in [0.25, 0.3) is 0 Å². The quantitative estimate of drug-likeness (QED) is 0.186. The number of para-hydroxylation sites is 1. The molecule has 1 aromatic heterocycles. The van der Waals surface area contributed by atoms with Crippen LogP contribution >= 0.6 is 11.6 Å². The van der Waals surface area contributed by atoms with E-state index in [1.54, 1.807) is 61.5 Å². The van der Waals surface area contributed by atoms with Crippen molar-refractivity contribution in [2.75, 3.05) is 14.2 Å². The monoisotopic (exact) mass is 490 g/mol. The molecule has 5 rings (SSSR count). The summed E-state index contributed by atoms with van der Waals surface area (Å²) in [5.41, 5.74) is 2.14. The van der Waals surface area contributed by atoms with Crippen LogP contribution in [0.2, 0.25) is 5.02 Å². The number of furan rings is 1. The van der Waals surface area contributed by atoms with E-state index in [2.05, 4.69) is 0 Å². The number of ether oxygens (including phenoxy) is 4. The predicted molar refractivity (Wildman–Crippen MR) is 130 cm³/mol. The number of carbonyl (C=O) groups is 2. The molecule has 2 heterocycles. The van der Waals surface area contributed by atoms with E-state index >= 15 is 0 Å². The van der Waals surface area contributed by atoms with Crippen LogP contribution in [0.1, 0.15) is 32.0 Å². The van der Waals surface area contributed by atoms with Crippen LogP contribution in [0.15, 0.2) is 64.8 Å². The SMILES string of the molecule is COc1cccc(/C=C2\Oc3cc(OC(=O)c4cc5cc(Cl)ccc5o4)cc(C)c3C2=O)c1OC. The lowest BCUT2D eigenvalue weighted by atomic mass is 10.0. The Balaban J connectivity index is 1.43. The molecule has 0 unspecified atom stereocenters. The van der Waals surface area contributed by atoms with Gasteiger partial charge in [-0.15, -0.1) is 0 Å². The number of fused-ring (bicyclic) bond motifs is 2. The van der Waals surface area contributed by atoms with Crippen molar-refractivity contribution < 1.29 is 33.0 Å². The van der Waals surface area contributed by atoms with E-state index in [9.17, 15) is 9.59 Å². The van der Waals surface area contributed by atoms with Gasteiger partial charge in [-0.05, 0) is 55.0 Å². The van der Waals surface area contributed by atoms with Crippen molar-refractivity contribution in [3.05, 3.63) is 87.8 Å². The van der Waals surface area contributed by atoms with E-state index in [-0.39, 0.29) is 23.1 Å². The molecule has 8 heteroatoms. The molecule has 35 heavy (non-hydrogen) atoms. The van der Waals surface area contributed by atoms with Crippen LogP contribution in [0.25, 0.3) is 17.0 Å². The highest BCUT2D eigenvalue weighted by Gasteiger charge is 2.31. The van der Waals surface area contributed by atoms with Crippen LogP contribution in [-0.4, -0.2) is 26.0 Å². The number of carbonyl (C=O) groups excluding carboxylic acids is 2. The zero-order chi connectivity index (χ0) is 24.7. The van der Waals surface area contributed by atoms with Crippen LogP contribution in [0.5, 0.6) is 23.0 Å². The summed E-state index contributed by atoms with van der Waals surface area (Å²) in [5.74, 6) is 0.708. The van der Waals surface area contributed by atoms with E-state index in [4.69, 9.17) is 35.0 Å². The normalized spacial score (nSPS) is 13.6. The van der Waals surface area contributed by atoms with Gasteiger partial charge in [-0.3, -0.25) is 4.79 Å². The smallest absolute Gasteiger partial charge is 0.379 e. The summed E-state index contributed by atoms with van der Waals surface area (Å²) >= 11 is 6.00. The molecule has 176 valence electrons. The van der Waals surface area contributed by atoms with Crippen molar-refractivity contribution in [2.24, 2.45) is 0 Å². The van der Waals surface area contributed by atoms with E-state index in [0.717, 1.165) is 0 Å². The third-order valence-electron chi connectivity index (χ3n) is 5.55. The number of aryl methyl sites for hydroxylation is 1. The number of halogens is 1. The molecular weight excluding hydrogens is 472 g/mol. The van der Waals surface area contributed by atoms with Crippen LogP contribution in [0.4, 0.5) is 0 Å². The molecule has 1 aliphatic rings. The zero-order valence-electron chi connectivity index (χ0n) is 19.0. The molecule has 0 fully saturated rings. The Hall–Kier alpha value is -4.23. The van der Waals surface area contributed by atoms with Crippen molar-refractivity contribution in [3.8, 4) is 23.0 Å². The highest BCUT2D eigenvalue weighted by Crippen LogP contribution is 2.39. The molecule has 4 aromatic rings. The van der Waals surface area contributed by atoms with Gasteiger partial charge < -0.3 is 23.4 Å². The Morgan fingerprint density at radius 1 is 1.03 bits per heavy atom. The standard InChI is InChI=1S/C27H19ClO7/c1-14-9-18(33-27(30)23-12-16-10-17(28)7-8-19(16)34-23)13-21-24(14)25(29)22(35-21)11-15-5-4-6-20(31-2)26(15)32-3/h4-13H,1-3H3/b22-11-. The maximum absolute atomic E-state index is 13.1. The Labute approximate surface area is 205 Å². The summed E-state index contributed by atoms with van der Waals surface area (Å²) in [5, 5.41) is 1.22. The van der Waals surface area contributed by atoms with E-state index in [1.165, 1.54) is 20.3 Å². The molecule has 0 saturated heterocycles. The first-order valence-corrected chi connectivity index (χ1v) is 11.0. The minimum atomic E-state index is -0.683. The Bertz CT molecular complexity index is 1530. The molecule has 7 nitrogen and oxygen atoms in total. The molecule has 0 spiro atoms. The number of benzene rings is 3. The topological polar surface area (TPSA) is 84.2 Å². The molecule has 3 aromatic carbocycles. The Morgan fingerprint density at radius 3 is 2.63 bits per heavy atom. The number of rotatable bonds is 5. The summed E-state index contributed by atoms with van der Waals surface area (Å²) in [6.45, 7) is 1.75. The average molecular weight is 491 g/mol. The fourth-order valence-corrected chi connectivity index (χ4v) is 4.16. The first-order chi connectivity index (χ1) is 16.9. The summed E-state index contributed by atoms with van der Waals surface area (Å²) in [6.07, 6.45) is 1.59. The van der Waals surface area contributed by atoms with E-state index in [1.807, 2.05) is 0 Å². The number of esters is 1. The highest BCUT2D eigenvalue weighted by atomic mass is 35.5. The van der Waals surface area contributed by atoms with Gasteiger partial charge in [-0.1, -0.05) is 23.7 Å². The summed E-state index contributed by atoms with van der Waals surface area (Å²) in [4.78, 5) is 25.7. The van der Waals surface area contributed by atoms with Gasteiger partial charge in [-0.2, -0.15) is 0 Å². The largest absolute Gasteiger partial charge is 0.493 e. The second-order valence-corrected chi connectivity index (χ2v) is 8.25. The van der Waals surface area contributed by atoms with Crippen LogP contribution < -0.4 is 18.9 Å². The summed E-state index contributed by atoms with van der Waals surface area (Å²) in [6, 6.07) is 15.0. The van der Waals surface area contributed by atoms with Gasteiger partial charge in [0.2, 0.25) is 11.5 Å². The van der Waals surface area contributed by atoms with Crippen LogP contribution in [0, 0.1) is 6.92 Å².